The van der Waals surface area contributed by atoms with Crippen LogP contribution in [0.25, 0.3) is 0 Å². The number of ether oxygens (including phenoxy) is 1. The molecular weight excluding hydrogens is 288 g/mol. The van der Waals surface area contributed by atoms with Gasteiger partial charge in [-0.3, -0.25) is 4.98 Å². The highest BCUT2D eigenvalue weighted by molar-refractivity contribution is 6.31. The second-order valence-electron chi connectivity index (χ2n) is 5.23. The number of anilines is 1. The standard InChI is InChI=1S/C15H17ClN4O/c1-10-7-11(2)19-15(18-10)20-6-4-12(9-20)21-14-3-5-17-8-13(14)16/h3,5,7-8,12H,4,6,9H2,1-2H3. The Labute approximate surface area is 129 Å². The van der Waals surface area contributed by atoms with E-state index in [-0.39, 0.29) is 6.10 Å². The summed E-state index contributed by atoms with van der Waals surface area (Å²) in [6.07, 6.45) is 4.29. The van der Waals surface area contributed by atoms with E-state index in [9.17, 15) is 0 Å². The van der Waals surface area contributed by atoms with Crippen molar-refractivity contribution in [2.24, 2.45) is 0 Å². The van der Waals surface area contributed by atoms with E-state index in [4.69, 9.17) is 16.3 Å². The molecule has 3 rings (SSSR count). The maximum atomic E-state index is 6.07. The smallest absolute Gasteiger partial charge is 0.225 e. The molecule has 1 aliphatic heterocycles. The predicted octanol–water partition coefficient (Wildman–Crippen LogP) is 2.80. The minimum atomic E-state index is 0.0920. The lowest BCUT2D eigenvalue weighted by molar-refractivity contribution is 0.225. The van der Waals surface area contributed by atoms with Crippen molar-refractivity contribution in [3.8, 4) is 5.75 Å². The van der Waals surface area contributed by atoms with Crippen molar-refractivity contribution in [1.29, 1.82) is 0 Å². The molecular formula is C15H17ClN4O. The van der Waals surface area contributed by atoms with Crippen molar-refractivity contribution in [1.82, 2.24) is 15.0 Å². The van der Waals surface area contributed by atoms with Gasteiger partial charge in [0.05, 0.1) is 6.54 Å². The quantitative estimate of drug-likeness (QED) is 0.873. The van der Waals surface area contributed by atoms with Crippen LogP contribution in [0.5, 0.6) is 5.75 Å². The maximum absolute atomic E-state index is 6.07. The fourth-order valence-electron chi connectivity index (χ4n) is 2.49. The van der Waals surface area contributed by atoms with Crippen LogP contribution in [-0.2, 0) is 0 Å². The van der Waals surface area contributed by atoms with Crippen LogP contribution >= 0.6 is 11.6 Å². The lowest BCUT2D eigenvalue weighted by atomic mass is 10.3. The Morgan fingerprint density at radius 2 is 2.05 bits per heavy atom. The third-order valence-corrected chi connectivity index (χ3v) is 3.71. The number of halogens is 1. The molecule has 1 fully saturated rings. The summed E-state index contributed by atoms with van der Waals surface area (Å²) in [6.45, 7) is 5.62. The van der Waals surface area contributed by atoms with Crippen molar-refractivity contribution in [2.45, 2.75) is 26.4 Å². The van der Waals surface area contributed by atoms with Gasteiger partial charge in [-0.1, -0.05) is 11.6 Å². The summed E-state index contributed by atoms with van der Waals surface area (Å²) < 4.78 is 5.95. The van der Waals surface area contributed by atoms with Gasteiger partial charge >= 0.3 is 0 Å². The molecule has 5 nitrogen and oxygen atoms in total. The van der Waals surface area contributed by atoms with E-state index in [1.54, 1.807) is 18.5 Å². The molecule has 1 saturated heterocycles. The summed E-state index contributed by atoms with van der Waals surface area (Å²) in [5, 5.41) is 0.540. The first kappa shape index (κ1) is 14.1. The van der Waals surface area contributed by atoms with Crippen LogP contribution in [0, 0.1) is 13.8 Å². The Morgan fingerprint density at radius 3 is 2.76 bits per heavy atom. The number of nitrogens with zero attached hydrogens (tertiary/aromatic N) is 4. The summed E-state index contributed by atoms with van der Waals surface area (Å²) in [6, 6.07) is 3.77. The third kappa shape index (κ3) is 3.24. The Bertz CT molecular complexity index is 629. The molecule has 6 heteroatoms. The topological polar surface area (TPSA) is 51.1 Å². The zero-order valence-corrected chi connectivity index (χ0v) is 12.8. The lowest BCUT2D eigenvalue weighted by Gasteiger charge is -2.18. The van der Waals surface area contributed by atoms with Gasteiger partial charge in [-0.2, -0.15) is 0 Å². The molecule has 0 radical (unpaired) electrons. The van der Waals surface area contributed by atoms with Crippen molar-refractivity contribution in [3.05, 3.63) is 40.9 Å². The molecule has 3 heterocycles. The lowest BCUT2D eigenvalue weighted by Crippen LogP contribution is -2.26. The van der Waals surface area contributed by atoms with Crippen LogP contribution in [0.1, 0.15) is 17.8 Å². The SMILES string of the molecule is Cc1cc(C)nc(N2CCC(Oc3ccncc3Cl)C2)n1. The average molecular weight is 305 g/mol. The minimum Gasteiger partial charge on any atom is -0.487 e. The molecule has 0 spiro atoms. The highest BCUT2D eigenvalue weighted by atomic mass is 35.5. The summed E-state index contributed by atoms with van der Waals surface area (Å²) in [7, 11) is 0. The molecule has 0 N–H and O–H groups in total. The highest BCUT2D eigenvalue weighted by Crippen LogP contribution is 2.26. The summed E-state index contributed by atoms with van der Waals surface area (Å²) in [5.41, 5.74) is 1.97. The number of aromatic nitrogens is 3. The van der Waals surface area contributed by atoms with Gasteiger partial charge in [-0.15, -0.1) is 0 Å². The van der Waals surface area contributed by atoms with Gasteiger partial charge in [-0.25, -0.2) is 9.97 Å². The molecule has 0 saturated carbocycles. The summed E-state index contributed by atoms with van der Waals surface area (Å²) in [5.74, 6) is 1.46. The van der Waals surface area contributed by atoms with Crippen molar-refractivity contribution in [3.63, 3.8) is 0 Å². The number of aryl methyl sites for hydroxylation is 2. The molecule has 110 valence electrons. The van der Waals surface area contributed by atoms with E-state index in [2.05, 4.69) is 19.9 Å². The zero-order valence-electron chi connectivity index (χ0n) is 12.1. The largest absolute Gasteiger partial charge is 0.487 e. The molecule has 2 aromatic rings. The van der Waals surface area contributed by atoms with E-state index in [1.807, 2.05) is 19.9 Å². The second kappa shape index (κ2) is 5.85. The van der Waals surface area contributed by atoms with Crippen LogP contribution in [-0.4, -0.2) is 34.1 Å². The first-order valence-electron chi connectivity index (χ1n) is 6.95. The average Bonchev–Trinajstić information content (AvgIpc) is 2.89. The molecule has 21 heavy (non-hydrogen) atoms. The van der Waals surface area contributed by atoms with Crippen LogP contribution in [0.4, 0.5) is 5.95 Å². The number of rotatable bonds is 3. The first-order valence-corrected chi connectivity index (χ1v) is 7.33. The number of pyridine rings is 1. The van der Waals surface area contributed by atoms with Gasteiger partial charge in [0.25, 0.3) is 0 Å². The Morgan fingerprint density at radius 1 is 1.29 bits per heavy atom. The van der Waals surface area contributed by atoms with Gasteiger partial charge in [0, 0.05) is 42.8 Å². The van der Waals surface area contributed by atoms with Crippen molar-refractivity contribution >= 4 is 17.5 Å². The van der Waals surface area contributed by atoms with Gasteiger partial charge < -0.3 is 9.64 Å². The van der Waals surface area contributed by atoms with E-state index in [1.165, 1.54) is 0 Å². The van der Waals surface area contributed by atoms with Crippen LogP contribution < -0.4 is 9.64 Å². The van der Waals surface area contributed by atoms with Gasteiger partial charge in [0.2, 0.25) is 5.95 Å². The normalized spacial score (nSPS) is 18.0. The predicted molar refractivity (Wildman–Crippen MR) is 82.0 cm³/mol. The molecule has 1 unspecified atom stereocenters. The van der Waals surface area contributed by atoms with Gasteiger partial charge in [0.15, 0.2) is 0 Å². The molecule has 0 amide bonds. The van der Waals surface area contributed by atoms with Gasteiger partial charge in [-0.05, 0) is 19.9 Å². The molecule has 0 aromatic carbocycles. The minimum absolute atomic E-state index is 0.0920. The second-order valence-corrected chi connectivity index (χ2v) is 5.64. The van der Waals surface area contributed by atoms with E-state index >= 15 is 0 Å². The van der Waals surface area contributed by atoms with Crippen LogP contribution in [0.15, 0.2) is 24.5 Å². The number of hydrogen-bond donors (Lipinski definition) is 0. The van der Waals surface area contributed by atoms with Crippen molar-refractivity contribution in [2.75, 3.05) is 18.0 Å². The molecule has 0 aliphatic carbocycles. The van der Waals surface area contributed by atoms with E-state index < -0.39 is 0 Å². The fourth-order valence-corrected chi connectivity index (χ4v) is 2.66. The highest BCUT2D eigenvalue weighted by Gasteiger charge is 2.26. The Kier molecular flexibility index (Phi) is 3.92. The molecule has 1 aliphatic rings. The first-order chi connectivity index (χ1) is 10.1. The summed E-state index contributed by atoms with van der Waals surface area (Å²) >= 11 is 6.07. The van der Waals surface area contributed by atoms with E-state index in [0.29, 0.717) is 10.8 Å². The molecule has 1 atom stereocenters. The zero-order chi connectivity index (χ0) is 14.8. The number of hydrogen-bond acceptors (Lipinski definition) is 5. The third-order valence-electron chi connectivity index (χ3n) is 3.43. The molecule has 2 aromatic heterocycles. The maximum Gasteiger partial charge on any atom is 0.225 e. The molecule has 0 bridgehead atoms. The Hall–Kier alpha value is -1.88. The Balaban J connectivity index is 1.69. The summed E-state index contributed by atoms with van der Waals surface area (Å²) in [4.78, 5) is 15.1. The monoisotopic (exact) mass is 304 g/mol. The van der Waals surface area contributed by atoms with Crippen molar-refractivity contribution < 1.29 is 4.74 Å². The fraction of sp³-hybridized carbons (Fsp3) is 0.400. The van der Waals surface area contributed by atoms with Gasteiger partial charge in [0.1, 0.15) is 16.9 Å². The van der Waals surface area contributed by atoms with Crippen LogP contribution in [0.3, 0.4) is 0 Å². The van der Waals surface area contributed by atoms with E-state index in [0.717, 1.165) is 36.8 Å². The van der Waals surface area contributed by atoms with Crippen LogP contribution in [0.2, 0.25) is 5.02 Å².